The molecule has 0 saturated carbocycles. The minimum absolute atomic E-state index is 0.432. The first kappa shape index (κ1) is 30.2. The number of nitrogens with zero attached hydrogens (tertiary/aromatic N) is 4. The van der Waals surface area contributed by atoms with Gasteiger partial charge in [-0.2, -0.15) is 5.26 Å². The second kappa shape index (κ2) is 12.0. The van der Waals surface area contributed by atoms with Crippen molar-refractivity contribution in [2.45, 2.75) is 15.2 Å². The summed E-state index contributed by atoms with van der Waals surface area (Å²) >= 11 is 1.82. The number of fused-ring (bicyclic) bond motifs is 9. The first-order chi connectivity index (χ1) is 25.7. The Hall–Kier alpha value is -6.61. The molecule has 10 rings (SSSR count). The van der Waals surface area contributed by atoms with Crippen LogP contribution >= 0.6 is 11.8 Å². The molecule has 1 aliphatic carbocycles. The van der Waals surface area contributed by atoms with E-state index < -0.39 is 5.41 Å². The molecule has 0 bridgehead atoms. The Balaban J connectivity index is 1.13. The van der Waals surface area contributed by atoms with Gasteiger partial charge in [-0.15, -0.1) is 0 Å². The van der Waals surface area contributed by atoms with Gasteiger partial charge in [-0.1, -0.05) is 157 Å². The van der Waals surface area contributed by atoms with E-state index in [2.05, 4.69) is 121 Å². The first-order valence-electron chi connectivity index (χ1n) is 17.2. The molecule has 2 heterocycles. The fourth-order valence-corrected chi connectivity index (χ4v) is 9.13. The summed E-state index contributed by atoms with van der Waals surface area (Å²) in [5.41, 5.74) is 12.9. The Labute approximate surface area is 306 Å². The van der Waals surface area contributed by atoms with Gasteiger partial charge in [0.2, 0.25) is 0 Å². The third kappa shape index (κ3) is 4.66. The zero-order chi connectivity index (χ0) is 34.6. The Morgan fingerprint density at radius 2 is 0.865 bits per heavy atom. The SMILES string of the molecule is N#Cc1ccc(-c2ccc(-c3nc(-c4ccccc4)nc(-c4ccc5c(c4)Sc4ccccc4C54c5ccccc5-c5ccccc54)n3)cc2)cc1. The zero-order valence-electron chi connectivity index (χ0n) is 27.9. The van der Waals surface area contributed by atoms with E-state index in [4.69, 9.17) is 15.0 Å². The van der Waals surface area contributed by atoms with E-state index >= 15 is 0 Å². The van der Waals surface area contributed by atoms with Crippen LogP contribution in [0.3, 0.4) is 0 Å². The molecular formula is C47H28N4S. The number of hydrogen-bond donors (Lipinski definition) is 0. The number of nitriles is 1. The lowest BCUT2D eigenvalue weighted by Crippen LogP contribution is -2.31. The Morgan fingerprint density at radius 3 is 1.50 bits per heavy atom. The van der Waals surface area contributed by atoms with E-state index in [1.165, 1.54) is 43.2 Å². The highest BCUT2D eigenvalue weighted by Crippen LogP contribution is 2.62. The molecule has 0 amide bonds. The molecule has 0 radical (unpaired) electrons. The van der Waals surface area contributed by atoms with Gasteiger partial charge in [-0.25, -0.2) is 15.0 Å². The van der Waals surface area contributed by atoms with Gasteiger partial charge in [0.1, 0.15) is 0 Å². The standard InChI is InChI=1S/C47H28N4S/c48-29-30-18-20-31(21-19-30)32-22-24-34(25-23-32)45-49-44(33-10-2-1-3-11-33)50-46(51-45)35-26-27-41-43(28-35)52-42-17-9-8-16-40(42)47(41)38-14-6-4-12-36(38)37-13-5-7-15-39(37)47/h1-28H. The molecule has 242 valence electrons. The summed E-state index contributed by atoms with van der Waals surface area (Å²) in [6.45, 7) is 0. The average Bonchev–Trinajstić information content (AvgIpc) is 3.51. The van der Waals surface area contributed by atoms with Gasteiger partial charge in [-0.3, -0.25) is 0 Å². The fourth-order valence-electron chi connectivity index (χ4n) is 7.90. The highest BCUT2D eigenvalue weighted by atomic mass is 32.2. The predicted molar refractivity (Wildman–Crippen MR) is 208 cm³/mol. The van der Waals surface area contributed by atoms with Crippen LogP contribution in [0, 0.1) is 11.3 Å². The molecule has 1 aliphatic heterocycles. The van der Waals surface area contributed by atoms with E-state index in [1.807, 2.05) is 66.4 Å². The lowest BCUT2D eigenvalue weighted by molar-refractivity contribution is 0.722. The summed E-state index contributed by atoms with van der Waals surface area (Å²) in [5, 5.41) is 9.22. The number of rotatable bonds is 4. The van der Waals surface area contributed by atoms with E-state index in [-0.39, 0.29) is 0 Å². The van der Waals surface area contributed by atoms with Crippen LogP contribution in [0.5, 0.6) is 0 Å². The normalized spacial score (nSPS) is 13.1. The molecule has 52 heavy (non-hydrogen) atoms. The van der Waals surface area contributed by atoms with Crippen LogP contribution in [0.25, 0.3) is 56.4 Å². The molecule has 0 N–H and O–H groups in total. The summed E-state index contributed by atoms with van der Waals surface area (Å²) in [4.78, 5) is 17.6. The molecular weight excluding hydrogens is 653 g/mol. The quantitative estimate of drug-likeness (QED) is 0.185. The Morgan fingerprint density at radius 1 is 0.404 bits per heavy atom. The Kier molecular flexibility index (Phi) is 6.99. The van der Waals surface area contributed by atoms with Crippen molar-refractivity contribution in [2.75, 3.05) is 0 Å². The minimum Gasteiger partial charge on any atom is -0.208 e. The van der Waals surface area contributed by atoms with Crippen LogP contribution in [0.4, 0.5) is 0 Å². The van der Waals surface area contributed by atoms with Crippen molar-refractivity contribution in [2.24, 2.45) is 0 Å². The largest absolute Gasteiger partial charge is 0.208 e. The number of benzene rings is 7. The van der Waals surface area contributed by atoms with Crippen LogP contribution in [0.2, 0.25) is 0 Å². The fraction of sp³-hybridized carbons (Fsp3) is 0.0213. The number of aromatic nitrogens is 3. The van der Waals surface area contributed by atoms with Crippen molar-refractivity contribution in [1.29, 1.82) is 5.26 Å². The van der Waals surface area contributed by atoms with Gasteiger partial charge < -0.3 is 0 Å². The lowest BCUT2D eigenvalue weighted by Gasteiger charge is -2.39. The predicted octanol–water partition coefficient (Wildman–Crippen LogP) is 11.2. The minimum atomic E-state index is -0.432. The van der Waals surface area contributed by atoms with E-state index in [0.717, 1.165) is 27.8 Å². The van der Waals surface area contributed by atoms with Crippen molar-refractivity contribution >= 4 is 11.8 Å². The second-order valence-electron chi connectivity index (χ2n) is 13.1. The van der Waals surface area contributed by atoms with E-state index in [0.29, 0.717) is 23.0 Å². The Bertz CT molecular complexity index is 2670. The molecule has 7 aromatic carbocycles. The van der Waals surface area contributed by atoms with Gasteiger partial charge in [-0.05, 0) is 68.8 Å². The summed E-state index contributed by atoms with van der Waals surface area (Å²) < 4.78 is 0. The van der Waals surface area contributed by atoms with Crippen molar-refractivity contribution < 1.29 is 0 Å². The molecule has 0 saturated heterocycles. The molecule has 0 unspecified atom stereocenters. The third-order valence-corrected chi connectivity index (χ3v) is 11.4. The van der Waals surface area contributed by atoms with Crippen molar-refractivity contribution in [3.05, 3.63) is 198 Å². The topological polar surface area (TPSA) is 62.5 Å². The van der Waals surface area contributed by atoms with Crippen LogP contribution in [0.1, 0.15) is 27.8 Å². The summed E-state index contributed by atoms with van der Waals surface area (Å²) in [6, 6.07) is 61.5. The lowest BCUT2D eigenvalue weighted by atomic mass is 9.67. The summed E-state index contributed by atoms with van der Waals surface area (Å²) in [6.07, 6.45) is 0. The van der Waals surface area contributed by atoms with Crippen LogP contribution in [-0.4, -0.2) is 15.0 Å². The smallest absolute Gasteiger partial charge is 0.164 e. The van der Waals surface area contributed by atoms with E-state index in [9.17, 15) is 5.26 Å². The van der Waals surface area contributed by atoms with Gasteiger partial charge in [0, 0.05) is 26.5 Å². The van der Waals surface area contributed by atoms with Crippen molar-refractivity contribution in [3.8, 4) is 62.5 Å². The van der Waals surface area contributed by atoms with Crippen molar-refractivity contribution in [3.63, 3.8) is 0 Å². The third-order valence-electron chi connectivity index (χ3n) is 10.3. The molecule has 5 heteroatoms. The monoisotopic (exact) mass is 680 g/mol. The van der Waals surface area contributed by atoms with Gasteiger partial charge in [0.15, 0.2) is 17.5 Å². The maximum atomic E-state index is 9.22. The van der Waals surface area contributed by atoms with Crippen molar-refractivity contribution in [1.82, 2.24) is 15.0 Å². The molecule has 4 nitrogen and oxygen atoms in total. The molecule has 8 aromatic rings. The molecule has 0 atom stereocenters. The second-order valence-corrected chi connectivity index (χ2v) is 14.2. The maximum absolute atomic E-state index is 9.22. The average molecular weight is 681 g/mol. The van der Waals surface area contributed by atoms with E-state index in [1.54, 1.807) is 0 Å². The summed E-state index contributed by atoms with van der Waals surface area (Å²) in [5.74, 6) is 1.87. The van der Waals surface area contributed by atoms with Gasteiger partial charge in [0.05, 0.1) is 17.0 Å². The van der Waals surface area contributed by atoms with Crippen LogP contribution < -0.4 is 0 Å². The zero-order valence-corrected chi connectivity index (χ0v) is 28.7. The van der Waals surface area contributed by atoms with Crippen LogP contribution in [-0.2, 0) is 5.41 Å². The molecule has 1 aromatic heterocycles. The number of hydrogen-bond acceptors (Lipinski definition) is 5. The first-order valence-corrected chi connectivity index (χ1v) is 18.1. The maximum Gasteiger partial charge on any atom is 0.164 e. The summed E-state index contributed by atoms with van der Waals surface area (Å²) in [7, 11) is 0. The van der Waals surface area contributed by atoms with Crippen LogP contribution in [0.15, 0.2) is 180 Å². The molecule has 1 spiro atoms. The molecule has 0 fully saturated rings. The van der Waals surface area contributed by atoms with Gasteiger partial charge >= 0.3 is 0 Å². The highest BCUT2D eigenvalue weighted by Gasteiger charge is 2.50. The van der Waals surface area contributed by atoms with Gasteiger partial charge in [0.25, 0.3) is 0 Å². The molecule has 2 aliphatic rings. The highest BCUT2D eigenvalue weighted by molar-refractivity contribution is 7.99.